The number of carboxylic acids is 1. The van der Waals surface area contributed by atoms with Gasteiger partial charge in [-0.25, -0.2) is 4.79 Å². The first-order valence-electron chi connectivity index (χ1n) is 12.6. The molecule has 2 aromatic rings. The molecule has 35 heavy (non-hydrogen) atoms. The minimum atomic E-state index is -0.734. The molecule has 1 aliphatic heterocycles. The summed E-state index contributed by atoms with van der Waals surface area (Å²) in [4.78, 5) is 38.0. The van der Waals surface area contributed by atoms with E-state index in [1.54, 1.807) is 0 Å². The number of alkyl carbamates (subject to hydrolysis) is 1. The Kier molecular flexibility index (Phi) is 6.50. The highest BCUT2D eigenvalue weighted by atomic mass is 16.5. The summed E-state index contributed by atoms with van der Waals surface area (Å²) in [6, 6.07) is 16.4. The van der Waals surface area contributed by atoms with Crippen LogP contribution in [0.5, 0.6) is 0 Å². The summed E-state index contributed by atoms with van der Waals surface area (Å²) >= 11 is 0. The molecule has 5 rings (SSSR count). The van der Waals surface area contributed by atoms with Crippen LogP contribution in [-0.2, 0) is 14.3 Å². The number of rotatable bonds is 8. The summed E-state index contributed by atoms with van der Waals surface area (Å²) < 4.78 is 5.61. The Balaban J connectivity index is 1.04. The van der Waals surface area contributed by atoms with E-state index in [1.165, 1.54) is 22.3 Å². The molecule has 2 fully saturated rings. The zero-order chi connectivity index (χ0) is 24.5. The van der Waals surface area contributed by atoms with E-state index in [-0.39, 0.29) is 42.2 Å². The standard InChI is InChI=1S/C28H32N2O5/c1-17(7-6-12-25(31)30-14-13-22-23(15-30)26(22)27(32)33)29-28(34)35-16-24-20-10-4-2-8-18(20)19-9-3-5-11-21(19)24/h2-5,8-11,17,22-24,26H,6-7,12-16H2,1H3,(H,29,34)(H,32,33)/t17?,22-,23+,26?/m1/s1. The van der Waals surface area contributed by atoms with Gasteiger partial charge in [0.2, 0.25) is 5.91 Å². The van der Waals surface area contributed by atoms with Crippen LogP contribution in [0.3, 0.4) is 0 Å². The molecule has 2 amide bonds. The normalized spacial score (nSPS) is 23.0. The number of carbonyl (C=O) groups excluding carboxylic acids is 2. The molecule has 3 aliphatic rings. The van der Waals surface area contributed by atoms with Crippen molar-refractivity contribution in [2.45, 2.75) is 44.6 Å². The molecule has 184 valence electrons. The predicted octanol–water partition coefficient (Wildman–Crippen LogP) is 4.26. The Morgan fingerprint density at radius 2 is 1.71 bits per heavy atom. The molecule has 0 bridgehead atoms. The summed E-state index contributed by atoms with van der Waals surface area (Å²) in [5.41, 5.74) is 4.75. The van der Waals surface area contributed by atoms with E-state index in [0.717, 1.165) is 6.42 Å². The first kappa shape index (κ1) is 23.4. The van der Waals surface area contributed by atoms with Crippen LogP contribution in [0.15, 0.2) is 48.5 Å². The number of carbonyl (C=O) groups is 3. The maximum Gasteiger partial charge on any atom is 0.407 e. The molecule has 2 aromatic carbocycles. The van der Waals surface area contributed by atoms with E-state index in [1.807, 2.05) is 36.1 Å². The van der Waals surface area contributed by atoms with Gasteiger partial charge < -0.3 is 20.1 Å². The number of aliphatic carboxylic acids is 1. The minimum Gasteiger partial charge on any atom is -0.481 e. The van der Waals surface area contributed by atoms with Gasteiger partial charge in [0, 0.05) is 31.5 Å². The molecule has 1 heterocycles. The Hall–Kier alpha value is -3.35. The summed E-state index contributed by atoms with van der Waals surface area (Å²) in [5.74, 6) is -0.528. The number of nitrogens with zero attached hydrogens (tertiary/aromatic N) is 1. The third kappa shape index (κ3) is 4.77. The lowest BCUT2D eigenvalue weighted by Gasteiger charge is -2.26. The SMILES string of the molecule is CC(CCCC(=O)N1CC[C@H]2C(C(=O)O)[C@H]2C1)NC(=O)OCC1c2ccccc2-c2ccccc21. The second kappa shape index (κ2) is 9.72. The van der Waals surface area contributed by atoms with Crippen LogP contribution < -0.4 is 5.32 Å². The van der Waals surface area contributed by atoms with Gasteiger partial charge in [-0.05, 0) is 60.3 Å². The van der Waals surface area contributed by atoms with Gasteiger partial charge in [-0.3, -0.25) is 9.59 Å². The Morgan fingerprint density at radius 3 is 2.37 bits per heavy atom. The molecule has 0 spiro atoms. The van der Waals surface area contributed by atoms with Crippen LogP contribution in [-0.4, -0.2) is 53.7 Å². The highest BCUT2D eigenvalue weighted by Gasteiger charge is 2.57. The highest BCUT2D eigenvalue weighted by Crippen LogP contribution is 2.51. The molecule has 0 aromatic heterocycles. The highest BCUT2D eigenvalue weighted by molar-refractivity contribution is 5.79. The monoisotopic (exact) mass is 476 g/mol. The third-order valence-corrected chi connectivity index (χ3v) is 7.87. The molecule has 7 nitrogen and oxygen atoms in total. The summed E-state index contributed by atoms with van der Waals surface area (Å²) in [6.45, 7) is 3.41. The van der Waals surface area contributed by atoms with Crippen molar-refractivity contribution in [3.63, 3.8) is 0 Å². The van der Waals surface area contributed by atoms with Crippen LogP contribution in [0, 0.1) is 17.8 Å². The van der Waals surface area contributed by atoms with Gasteiger partial charge in [-0.1, -0.05) is 48.5 Å². The quantitative estimate of drug-likeness (QED) is 0.593. The number of fused-ring (bicyclic) bond motifs is 4. The third-order valence-electron chi connectivity index (χ3n) is 7.87. The number of likely N-dealkylation sites (tertiary alicyclic amines) is 1. The van der Waals surface area contributed by atoms with E-state index in [0.29, 0.717) is 32.4 Å². The van der Waals surface area contributed by atoms with Crippen LogP contribution >= 0.6 is 0 Å². The van der Waals surface area contributed by atoms with Gasteiger partial charge in [0.25, 0.3) is 0 Å². The number of ether oxygens (including phenoxy) is 1. The van der Waals surface area contributed by atoms with Crippen molar-refractivity contribution in [3.8, 4) is 11.1 Å². The number of nitrogens with one attached hydrogen (secondary N) is 1. The van der Waals surface area contributed by atoms with Gasteiger partial charge in [-0.15, -0.1) is 0 Å². The van der Waals surface area contributed by atoms with Crippen molar-refractivity contribution in [2.24, 2.45) is 17.8 Å². The van der Waals surface area contributed by atoms with Gasteiger partial charge in [0.15, 0.2) is 0 Å². The molecular formula is C28H32N2O5. The van der Waals surface area contributed by atoms with Crippen molar-refractivity contribution in [3.05, 3.63) is 59.7 Å². The lowest BCUT2D eigenvalue weighted by Crippen LogP contribution is -2.37. The molecule has 2 N–H and O–H groups in total. The Bertz CT molecular complexity index is 1090. The van der Waals surface area contributed by atoms with Gasteiger partial charge in [0.05, 0.1) is 5.92 Å². The van der Waals surface area contributed by atoms with Crippen molar-refractivity contribution in [1.82, 2.24) is 10.2 Å². The van der Waals surface area contributed by atoms with Crippen molar-refractivity contribution < 1.29 is 24.2 Å². The molecule has 0 radical (unpaired) electrons. The maximum atomic E-state index is 12.6. The van der Waals surface area contributed by atoms with Gasteiger partial charge >= 0.3 is 12.1 Å². The molecule has 2 aliphatic carbocycles. The van der Waals surface area contributed by atoms with Crippen LogP contribution in [0.2, 0.25) is 0 Å². The van der Waals surface area contributed by atoms with Crippen molar-refractivity contribution >= 4 is 18.0 Å². The fourth-order valence-electron chi connectivity index (χ4n) is 5.96. The molecular weight excluding hydrogens is 444 g/mol. The Labute approximate surface area is 205 Å². The lowest BCUT2D eigenvalue weighted by molar-refractivity contribution is -0.139. The second-order valence-electron chi connectivity index (χ2n) is 10.1. The zero-order valence-electron chi connectivity index (χ0n) is 20.0. The largest absolute Gasteiger partial charge is 0.481 e. The average molecular weight is 477 g/mol. The lowest BCUT2D eigenvalue weighted by atomic mass is 9.98. The van der Waals surface area contributed by atoms with Crippen molar-refractivity contribution in [2.75, 3.05) is 19.7 Å². The number of benzene rings is 2. The zero-order valence-corrected chi connectivity index (χ0v) is 20.0. The first-order chi connectivity index (χ1) is 16.9. The fourth-order valence-corrected chi connectivity index (χ4v) is 5.96. The molecule has 7 heteroatoms. The van der Waals surface area contributed by atoms with E-state index in [4.69, 9.17) is 4.74 Å². The van der Waals surface area contributed by atoms with Crippen LogP contribution in [0.1, 0.15) is 49.7 Å². The first-order valence-corrected chi connectivity index (χ1v) is 12.6. The average Bonchev–Trinajstić information content (AvgIpc) is 3.50. The number of carboxylic acid groups (broad SMARTS) is 1. The molecule has 4 atom stereocenters. The molecule has 2 unspecified atom stereocenters. The van der Waals surface area contributed by atoms with E-state index in [9.17, 15) is 19.5 Å². The summed E-state index contributed by atoms with van der Waals surface area (Å²) in [6.07, 6.45) is 2.09. The van der Waals surface area contributed by atoms with Gasteiger partial charge in [0.1, 0.15) is 6.61 Å². The molecule has 1 saturated carbocycles. The number of hydrogen-bond acceptors (Lipinski definition) is 4. The topological polar surface area (TPSA) is 95.9 Å². The maximum absolute atomic E-state index is 12.6. The van der Waals surface area contributed by atoms with Crippen LogP contribution in [0.4, 0.5) is 4.79 Å². The number of amides is 2. The van der Waals surface area contributed by atoms with E-state index < -0.39 is 12.1 Å². The summed E-state index contributed by atoms with van der Waals surface area (Å²) in [5, 5.41) is 12.1. The summed E-state index contributed by atoms with van der Waals surface area (Å²) in [7, 11) is 0. The Morgan fingerprint density at radius 1 is 1.06 bits per heavy atom. The smallest absolute Gasteiger partial charge is 0.407 e. The number of hydrogen-bond donors (Lipinski definition) is 2. The predicted molar refractivity (Wildman–Crippen MR) is 131 cm³/mol. The fraction of sp³-hybridized carbons (Fsp3) is 0.464. The van der Waals surface area contributed by atoms with E-state index in [2.05, 4.69) is 29.6 Å². The number of piperidine rings is 1. The van der Waals surface area contributed by atoms with Crippen molar-refractivity contribution in [1.29, 1.82) is 0 Å². The minimum absolute atomic E-state index is 0.0254. The second-order valence-corrected chi connectivity index (χ2v) is 10.1. The van der Waals surface area contributed by atoms with E-state index >= 15 is 0 Å². The molecule has 1 saturated heterocycles. The van der Waals surface area contributed by atoms with Gasteiger partial charge in [-0.2, -0.15) is 0 Å². The van der Waals surface area contributed by atoms with Crippen LogP contribution in [0.25, 0.3) is 11.1 Å².